The van der Waals surface area contributed by atoms with Crippen molar-refractivity contribution in [3.8, 4) is 0 Å². The third-order valence-electron chi connectivity index (χ3n) is 5.39. The molecule has 1 fully saturated rings. The molecule has 0 spiro atoms. The molecular formula is C20H33F3N6O2. The highest BCUT2D eigenvalue weighted by Crippen LogP contribution is 2.40. The summed E-state index contributed by atoms with van der Waals surface area (Å²) in [4.78, 5) is 21.9. The van der Waals surface area contributed by atoms with Crippen molar-refractivity contribution < 1.29 is 23.1 Å². The number of nitrogens with zero attached hydrogens (tertiary/aromatic N) is 4. The molecule has 1 saturated heterocycles. The van der Waals surface area contributed by atoms with Crippen molar-refractivity contribution in [3.63, 3.8) is 0 Å². The lowest BCUT2D eigenvalue weighted by atomic mass is 9.98. The highest BCUT2D eigenvalue weighted by Gasteiger charge is 2.57. The van der Waals surface area contributed by atoms with Crippen molar-refractivity contribution in [2.45, 2.75) is 57.9 Å². The van der Waals surface area contributed by atoms with Crippen LogP contribution >= 0.6 is 0 Å². The second kappa shape index (κ2) is 10.3. The minimum Gasteiger partial charge on any atom is -0.374 e. The Balaban J connectivity index is 2.01. The quantitative estimate of drug-likeness (QED) is 0.438. The molecule has 1 unspecified atom stereocenters. The van der Waals surface area contributed by atoms with Crippen molar-refractivity contribution in [1.29, 1.82) is 0 Å². The number of aliphatic imine (C=N–C) groups is 1. The van der Waals surface area contributed by atoms with E-state index < -0.39 is 24.0 Å². The number of carbonyl (C=O) groups excluding carboxylic acids is 1. The van der Waals surface area contributed by atoms with Gasteiger partial charge >= 0.3 is 6.18 Å². The molecule has 176 valence electrons. The number of rotatable bonds is 7. The summed E-state index contributed by atoms with van der Waals surface area (Å²) in [5, 5.41) is 16.7. The number of imidazole rings is 1. The Kier molecular flexibility index (Phi) is 8.33. The number of hydrogen-bond donors (Lipinski definition) is 3. The molecule has 2 rings (SSSR count). The minimum atomic E-state index is -4.89. The van der Waals surface area contributed by atoms with Crippen molar-refractivity contribution in [2.24, 2.45) is 18.0 Å². The zero-order valence-electron chi connectivity index (χ0n) is 18.5. The first-order valence-electron chi connectivity index (χ1n) is 10.6. The number of alkyl halides is 3. The van der Waals surface area contributed by atoms with Gasteiger partial charge in [-0.25, -0.2) is 4.98 Å². The van der Waals surface area contributed by atoms with Crippen LogP contribution in [-0.4, -0.2) is 69.8 Å². The standard InChI is InChI=1S/C20H33F3N6O2/c1-5-24-18(27-15-6-11-29(12-7-15)16(30)14(2)3)26-9-8-19(31,20(21,22)23)17-25-10-13-28(17)4/h10,13-15,31H,5-9,11-12H2,1-4H3,(H2,24,26,27). The van der Waals surface area contributed by atoms with E-state index >= 15 is 0 Å². The van der Waals surface area contributed by atoms with Crippen LogP contribution in [0.1, 0.15) is 45.9 Å². The number of aliphatic hydroxyl groups is 1. The van der Waals surface area contributed by atoms with Crippen LogP contribution in [0.15, 0.2) is 17.4 Å². The topological polar surface area (TPSA) is 94.8 Å². The summed E-state index contributed by atoms with van der Waals surface area (Å²) in [6, 6.07) is 0.0602. The van der Waals surface area contributed by atoms with E-state index in [1.54, 1.807) is 0 Å². The summed E-state index contributed by atoms with van der Waals surface area (Å²) in [5.74, 6) is 0.00471. The average Bonchev–Trinajstić information content (AvgIpc) is 3.13. The number of aromatic nitrogens is 2. The van der Waals surface area contributed by atoms with Crippen LogP contribution < -0.4 is 10.6 Å². The van der Waals surface area contributed by atoms with Gasteiger partial charge in [-0.05, 0) is 19.8 Å². The van der Waals surface area contributed by atoms with Crippen molar-refractivity contribution >= 4 is 11.9 Å². The monoisotopic (exact) mass is 446 g/mol. The van der Waals surface area contributed by atoms with Crippen LogP contribution in [0.2, 0.25) is 0 Å². The Labute approximate surface area is 180 Å². The fourth-order valence-electron chi connectivity index (χ4n) is 3.60. The summed E-state index contributed by atoms with van der Waals surface area (Å²) < 4.78 is 42.1. The van der Waals surface area contributed by atoms with Crippen LogP contribution in [0.25, 0.3) is 0 Å². The van der Waals surface area contributed by atoms with Crippen LogP contribution in [0.5, 0.6) is 0 Å². The van der Waals surface area contributed by atoms with Gasteiger partial charge in [0.2, 0.25) is 11.5 Å². The first kappa shape index (κ1) is 25.0. The third-order valence-corrected chi connectivity index (χ3v) is 5.39. The van der Waals surface area contributed by atoms with E-state index in [0.29, 0.717) is 25.6 Å². The molecule has 2 heterocycles. The van der Waals surface area contributed by atoms with Gasteiger partial charge in [-0.3, -0.25) is 9.79 Å². The lowest BCUT2D eigenvalue weighted by Crippen LogP contribution is -2.50. The maximum atomic E-state index is 13.6. The Hall–Kier alpha value is -2.30. The van der Waals surface area contributed by atoms with E-state index in [-0.39, 0.29) is 24.4 Å². The van der Waals surface area contributed by atoms with Crippen LogP contribution in [-0.2, 0) is 17.4 Å². The molecular weight excluding hydrogens is 413 g/mol. The largest absolute Gasteiger partial charge is 0.424 e. The maximum absolute atomic E-state index is 13.6. The summed E-state index contributed by atoms with van der Waals surface area (Å²) in [5.41, 5.74) is -3.09. The number of hydrogen-bond acceptors (Lipinski definition) is 4. The normalized spacial score (nSPS) is 18.2. The molecule has 1 aromatic heterocycles. The molecule has 31 heavy (non-hydrogen) atoms. The number of nitrogens with one attached hydrogen (secondary N) is 2. The lowest BCUT2D eigenvalue weighted by molar-refractivity contribution is -0.272. The number of halogens is 3. The number of aryl methyl sites for hydroxylation is 1. The van der Waals surface area contributed by atoms with E-state index in [4.69, 9.17) is 0 Å². The van der Waals surface area contributed by atoms with E-state index in [1.807, 2.05) is 25.7 Å². The predicted molar refractivity (Wildman–Crippen MR) is 111 cm³/mol. The molecule has 8 nitrogen and oxygen atoms in total. The SMILES string of the molecule is CCNC(=NCCC(O)(c1nccn1C)C(F)(F)F)NC1CCN(C(=O)C(C)C)CC1. The predicted octanol–water partition coefficient (Wildman–Crippen LogP) is 1.76. The molecule has 1 aliphatic rings. The maximum Gasteiger partial charge on any atom is 0.424 e. The van der Waals surface area contributed by atoms with Crippen LogP contribution in [0.3, 0.4) is 0 Å². The van der Waals surface area contributed by atoms with Gasteiger partial charge < -0.3 is 25.2 Å². The van der Waals surface area contributed by atoms with Crippen molar-refractivity contribution in [1.82, 2.24) is 25.1 Å². The van der Waals surface area contributed by atoms with Gasteiger partial charge in [-0.15, -0.1) is 0 Å². The summed E-state index contributed by atoms with van der Waals surface area (Å²) in [6.45, 7) is 7.15. The molecule has 0 bridgehead atoms. The zero-order valence-corrected chi connectivity index (χ0v) is 18.5. The molecule has 0 aliphatic carbocycles. The second-order valence-corrected chi connectivity index (χ2v) is 8.13. The highest BCUT2D eigenvalue weighted by atomic mass is 19.4. The van der Waals surface area contributed by atoms with E-state index in [0.717, 1.165) is 17.4 Å². The Morgan fingerprint density at radius 1 is 1.35 bits per heavy atom. The Morgan fingerprint density at radius 3 is 2.48 bits per heavy atom. The molecule has 1 aromatic rings. The zero-order chi connectivity index (χ0) is 23.2. The van der Waals surface area contributed by atoms with Crippen molar-refractivity contribution in [3.05, 3.63) is 18.2 Å². The smallest absolute Gasteiger partial charge is 0.374 e. The molecule has 3 N–H and O–H groups in total. The summed E-state index contributed by atoms with van der Waals surface area (Å²) in [7, 11) is 1.41. The van der Waals surface area contributed by atoms with Gasteiger partial charge in [0.05, 0.1) is 0 Å². The Bertz CT molecular complexity index is 756. The lowest BCUT2D eigenvalue weighted by Gasteiger charge is -2.34. The summed E-state index contributed by atoms with van der Waals surface area (Å²) in [6.07, 6.45) is -1.51. The first-order valence-corrected chi connectivity index (χ1v) is 10.6. The summed E-state index contributed by atoms with van der Waals surface area (Å²) >= 11 is 0. The number of guanidine groups is 1. The molecule has 0 saturated carbocycles. The average molecular weight is 447 g/mol. The Morgan fingerprint density at radius 2 is 2.00 bits per heavy atom. The number of likely N-dealkylation sites (tertiary alicyclic amines) is 1. The second-order valence-electron chi connectivity index (χ2n) is 8.13. The molecule has 1 amide bonds. The molecule has 0 aromatic carbocycles. The molecule has 1 atom stereocenters. The van der Waals surface area contributed by atoms with Crippen LogP contribution in [0.4, 0.5) is 13.2 Å². The highest BCUT2D eigenvalue weighted by molar-refractivity contribution is 5.80. The van der Waals surface area contributed by atoms with Gasteiger partial charge in [0.1, 0.15) is 5.82 Å². The van der Waals surface area contributed by atoms with Crippen LogP contribution in [0, 0.1) is 5.92 Å². The first-order chi connectivity index (χ1) is 14.5. The van der Waals surface area contributed by atoms with Gasteiger partial charge in [0.25, 0.3) is 0 Å². The van der Waals surface area contributed by atoms with E-state index in [9.17, 15) is 23.1 Å². The van der Waals surface area contributed by atoms with Crippen molar-refractivity contribution in [2.75, 3.05) is 26.2 Å². The number of carbonyl (C=O) groups is 1. The van der Waals surface area contributed by atoms with Gasteiger partial charge in [0, 0.05) is 64.0 Å². The molecule has 11 heteroatoms. The van der Waals surface area contributed by atoms with E-state index in [2.05, 4.69) is 20.6 Å². The third kappa shape index (κ3) is 6.11. The molecule has 1 aliphatic heterocycles. The van der Waals surface area contributed by atoms with E-state index in [1.165, 1.54) is 19.4 Å². The van der Waals surface area contributed by atoms with Gasteiger partial charge in [-0.2, -0.15) is 13.2 Å². The van der Waals surface area contributed by atoms with Gasteiger partial charge in [-0.1, -0.05) is 13.8 Å². The minimum absolute atomic E-state index is 0.0468. The fourth-order valence-corrected chi connectivity index (χ4v) is 3.60. The fraction of sp³-hybridized carbons (Fsp3) is 0.750. The number of piperidine rings is 1. The number of amides is 1. The molecule has 0 radical (unpaired) electrons. The van der Waals surface area contributed by atoms with Gasteiger partial charge in [0.15, 0.2) is 5.96 Å².